The number of amides is 1. The number of hydrogen-bond donors (Lipinski definition) is 3. The van der Waals surface area contributed by atoms with Gasteiger partial charge in [0.05, 0.1) is 10.5 Å². The lowest BCUT2D eigenvalue weighted by Crippen LogP contribution is -2.56. The Bertz CT molecular complexity index is 736. The fraction of sp³-hybridized carbons (Fsp3) is 0.650. The normalized spacial score (nSPS) is 33.7. The molecule has 3 N–H and O–H groups in total. The van der Waals surface area contributed by atoms with Crippen molar-refractivity contribution in [3.63, 3.8) is 0 Å². The Labute approximate surface area is 158 Å². The van der Waals surface area contributed by atoms with Gasteiger partial charge in [-0.2, -0.15) is 0 Å². The Balaban J connectivity index is 1.27. The molecule has 1 aromatic carbocycles. The quantitative estimate of drug-likeness (QED) is 0.387. The first-order valence-corrected chi connectivity index (χ1v) is 9.83. The van der Waals surface area contributed by atoms with E-state index < -0.39 is 10.5 Å². The fourth-order valence-electron chi connectivity index (χ4n) is 6.19. The van der Waals surface area contributed by atoms with E-state index in [0.717, 1.165) is 32.1 Å². The molecule has 2 atom stereocenters. The molecule has 4 aliphatic rings. The highest BCUT2D eigenvalue weighted by Crippen LogP contribution is 2.62. The van der Waals surface area contributed by atoms with Crippen LogP contribution in [0.25, 0.3) is 0 Å². The molecule has 4 bridgehead atoms. The molecule has 4 saturated carbocycles. The van der Waals surface area contributed by atoms with Gasteiger partial charge < -0.3 is 15.7 Å². The molecule has 7 heteroatoms. The van der Waals surface area contributed by atoms with E-state index >= 15 is 0 Å². The lowest BCUT2D eigenvalue weighted by Gasteiger charge is -2.60. The average molecular weight is 373 g/mol. The molecule has 4 fully saturated rings. The zero-order chi connectivity index (χ0) is 19.1. The maximum atomic E-state index is 12.5. The van der Waals surface area contributed by atoms with Crippen molar-refractivity contribution in [3.05, 3.63) is 34.4 Å². The van der Waals surface area contributed by atoms with E-state index in [9.17, 15) is 20.0 Å². The second-order valence-corrected chi connectivity index (χ2v) is 8.91. The minimum atomic E-state index is -0.543. The SMILES string of the molecule is O=C(CC12C[C@H]3C[C@@H](CC(O)(C3)C1)C2)NCCNc1ccccc1[N+](=O)[O-]. The van der Waals surface area contributed by atoms with Gasteiger partial charge in [-0.05, 0) is 61.8 Å². The van der Waals surface area contributed by atoms with Crippen LogP contribution in [0.2, 0.25) is 0 Å². The van der Waals surface area contributed by atoms with Gasteiger partial charge in [0.2, 0.25) is 5.91 Å². The third-order valence-corrected chi connectivity index (χ3v) is 6.55. The van der Waals surface area contributed by atoms with Gasteiger partial charge in [-0.25, -0.2) is 0 Å². The first kappa shape index (κ1) is 18.2. The van der Waals surface area contributed by atoms with Crippen molar-refractivity contribution in [2.24, 2.45) is 17.3 Å². The Morgan fingerprint density at radius 3 is 2.56 bits per heavy atom. The molecular formula is C20H27N3O4. The summed E-state index contributed by atoms with van der Waals surface area (Å²) in [7, 11) is 0. The van der Waals surface area contributed by atoms with E-state index in [0.29, 0.717) is 37.0 Å². The number of hydrogen-bond acceptors (Lipinski definition) is 5. The van der Waals surface area contributed by atoms with Crippen molar-refractivity contribution < 1.29 is 14.8 Å². The fourth-order valence-corrected chi connectivity index (χ4v) is 6.19. The summed E-state index contributed by atoms with van der Waals surface area (Å²) >= 11 is 0. The summed E-state index contributed by atoms with van der Waals surface area (Å²) in [4.78, 5) is 23.1. The first-order chi connectivity index (χ1) is 12.9. The summed E-state index contributed by atoms with van der Waals surface area (Å²) < 4.78 is 0. The van der Waals surface area contributed by atoms with Crippen LogP contribution in [0.5, 0.6) is 0 Å². The molecule has 7 nitrogen and oxygen atoms in total. The zero-order valence-corrected chi connectivity index (χ0v) is 15.4. The highest BCUT2D eigenvalue weighted by atomic mass is 16.6. The molecule has 1 amide bonds. The maximum absolute atomic E-state index is 12.5. The monoisotopic (exact) mass is 373 g/mol. The number of rotatable bonds is 7. The predicted molar refractivity (Wildman–Crippen MR) is 101 cm³/mol. The Kier molecular flexibility index (Phi) is 4.58. The van der Waals surface area contributed by atoms with Crippen molar-refractivity contribution in [1.82, 2.24) is 5.32 Å². The number of nitrogens with zero attached hydrogens (tertiary/aromatic N) is 1. The summed E-state index contributed by atoms with van der Waals surface area (Å²) in [6.07, 6.45) is 6.40. The third-order valence-electron chi connectivity index (χ3n) is 6.55. The van der Waals surface area contributed by atoms with Crippen molar-refractivity contribution in [3.8, 4) is 0 Å². The molecule has 0 spiro atoms. The van der Waals surface area contributed by atoms with E-state index in [2.05, 4.69) is 10.6 Å². The minimum absolute atomic E-state index is 0.0184. The molecule has 0 aromatic heterocycles. The average Bonchev–Trinajstić information content (AvgIpc) is 2.56. The maximum Gasteiger partial charge on any atom is 0.292 e. The van der Waals surface area contributed by atoms with Gasteiger partial charge in [-0.1, -0.05) is 12.1 Å². The molecule has 0 unspecified atom stereocenters. The van der Waals surface area contributed by atoms with E-state index in [1.54, 1.807) is 18.2 Å². The van der Waals surface area contributed by atoms with Gasteiger partial charge in [-0.15, -0.1) is 0 Å². The van der Waals surface area contributed by atoms with E-state index in [1.165, 1.54) is 12.5 Å². The van der Waals surface area contributed by atoms with Crippen LogP contribution in [-0.2, 0) is 4.79 Å². The van der Waals surface area contributed by atoms with E-state index in [-0.39, 0.29) is 17.0 Å². The van der Waals surface area contributed by atoms with Crippen molar-refractivity contribution in [2.75, 3.05) is 18.4 Å². The van der Waals surface area contributed by atoms with E-state index in [1.807, 2.05) is 0 Å². The lowest BCUT2D eigenvalue weighted by atomic mass is 9.47. The molecule has 0 aliphatic heterocycles. The molecule has 0 saturated heterocycles. The van der Waals surface area contributed by atoms with Crippen molar-refractivity contribution in [2.45, 2.75) is 50.5 Å². The van der Waals surface area contributed by atoms with Gasteiger partial charge in [0.15, 0.2) is 0 Å². The van der Waals surface area contributed by atoms with Crippen LogP contribution < -0.4 is 10.6 Å². The number of nitrogens with one attached hydrogen (secondary N) is 2. The number of anilines is 1. The van der Waals surface area contributed by atoms with Crippen LogP contribution in [0.4, 0.5) is 11.4 Å². The number of para-hydroxylation sites is 2. The zero-order valence-electron chi connectivity index (χ0n) is 15.4. The van der Waals surface area contributed by atoms with Crippen LogP contribution in [0.3, 0.4) is 0 Å². The van der Waals surface area contributed by atoms with Crippen molar-refractivity contribution >= 4 is 17.3 Å². The highest BCUT2D eigenvalue weighted by Gasteiger charge is 2.57. The summed E-state index contributed by atoms with van der Waals surface area (Å²) in [6, 6.07) is 6.49. The first-order valence-electron chi connectivity index (χ1n) is 9.83. The molecule has 0 radical (unpaired) electrons. The molecule has 27 heavy (non-hydrogen) atoms. The summed E-state index contributed by atoms with van der Waals surface area (Å²) in [5, 5.41) is 27.8. The van der Waals surface area contributed by atoms with Crippen LogP contribution in [0, 0.1) is 27.4 Å². The topological polar surface area (TPSA) is 104 Å². The number of aliphatic hydroxyl groups is 1. The second-order valence-electron chi connectivity index (χ2n) is 8.91. The molecule has 0 heterocycles. The molecule has 146 valence electrons. The summed E-state index contributed by atoms with van der Waals surface area (Å²) in [6.45, 7) is 0.844. The Morgan fingerprint density at radius 1 is 1.19 bits per heavy atom. The summed E-state index contributed by atoms with van der Waals surface area (Å²) in [5.74, 6) is 1.17. The van der Waals surface area contributed by atoms with Crippen LogP contribution >= 0.6 is 0 Å². The number of nitro benzene ring substituents is 1. The largest absolute Gasteiger partial charge is 0.390 e. The predicted octanol–water partition coefficient (Wildman–Crippen LogP) is 2.84. The van der Waals surface area contributed by atoms with Gasteiger partial charge >= 0.3 is 0 Å². The van der Waals surface area contributed by atoms with Gasteiger partial charge in [-0.3, -0.25) is 14.9 Å². The van der Waals surface area contributed by atoms with Crippen molar-refractivity contribution in [1.29, 1.82) is 0 Å². The second kappa shape index (κ2) is 6.78. The third kappa shape index (κ3) is 3.78. The molecule has 5 rings (SSSR count). The molecule has 1 aromatic rings. The smallest absolute Gasteiger partial charge is 0.292 e. The van der Waals surface area contributed by atoms with E-state index in [4.69, 9.17) is 0 Å². The molecule has 4 aliphatic carbocycles. The highest BCUT2D eigenvalue weighted by molar-refractivity contribution is 5.77. The summed E-state index contributed by atoms with van der Waals surface area (Å²) in [5.41, 5.74) is -0.0853. The van der Waals surface area contributed by atoms with Crippen LogP contribution in [0.15, 0.2) is 24.3 Å². The standard InChI is InChI=1S/C20H27N3O4/c24-18(22-6-5-21-16-3-1-2-4-17(16)23(26)27)12-19-8-14-7-15(9-19)11-20(25,10-14)13-19/h1-4,14-15,21,25H,5-13H2,(H,22,24)/t14-,15-,19?,20?/m1/s1. The van der Waals surface area contributed by atoms with Gasteiger partial charge in [0.25, 0.3) is 5.69 Å². The van der Waals surface area contributed by atoms with Gasteiger partial charge in [0, 0.05) is 25.6 Å². The van der Waals surface area contributed by atoms with Gasteiger partial charge in [0.1, 0.15) is 5.69 Å². The Morgan fingerprint density at radius 2 is 1.89 bits per heavy atom. The number of nitro groups is 1. The Hall–Kier alpha value is -2.15. The lowest BCUT2D eigenvalue weighted by molar-refractivity contribution is -0.384. The minimum Gasteiger partial charge on any atom is -0.390 e. The van der Waals surface area contributed by atoms with Crippen LogP contribution in [0.1, 0.15) is 44.9 Å². The number of benzene rings is 1. The number of carbonyl (C=O) groups excluding carboxylic acids is 1. The van der Waals surface area contributed by atoms with Crippen LogP contribution in [-0.4, -0.2) is 34.6 Å². The number of carbonyl (C=O) groups is 1. The molecular weight excluding hydrogens is 346 g/mol.